The molecule has 27 heavy (non-hydrogen) atoms. The van der Waals surface area contributed by atoms with Crippen LogP contribution in [0.15, 0.2) is 35.6 Å². The van der Waals surface area contributed by atoms with Crippen LogP contribution in [-0.2, 0) is 4.79 Å². The van der Waals surface area contributed by atoms with E-state index in [2.05, 4.69) is 25.8 Å². The maximum atomic E-state index is 12.2. The van der Waals surface area contributed by atoms with Crippen molar-refractivity contribution in [3.63, 3.8) is 0 Å². The van der Waals surface area contributed by atoms with Gasteiger partial charge in [0.05, 0.1) is 22.9 Å². The van der Waals surface area contributed by atoms with Crippen LogP contribution >= 0.6 is 35.0 Å². The highest BCUT2D eigenvalue weighted by Crippen LogP contribution is 2.27. The highest BCUT2D eigenvalue weighted by Gasteiger charge is 2.16. The molecule has 0 unspecified atom stereocenters. The van der Waals surface area contributed by atoms with Crippen molar-refractivity contribution in [1.29, 1.82) is 0 Å². The van der Waals surface area contributed by atoms with Gasteiger partial charge in [-0.1, -0.05) is 41.0 Å². The van der Waals surface area contributed by atoms with Gasteiger partial charge in [0.15, 0.2) is 5.82 Å². The largest absolute Gasteiger partial charge is 0.494 e. The van der Waals surface area contributed by atoms with E-state index in [1.165, 1.54) is 28.7 Å². The number of hydrogen-bond donors (Lipinski definition) is 1. The number of halogens is 2. The SMILES string of the molecule is COc1ccc(C)cc1-n1nnnc1SCC(=O)Nc1ncc(Cl)cc1Cl. The van der Waals surface area contributed by atoms with Crippen LogP contribution in [0.5, 0.6) is 5.75 Å². The third kappa shape index (κ3) is 4.68. The summed E-state index contributed by atoms with van der Waals surface area (Å²) >= 11 is 13.0. The van der Waals surface area contributed by atoms with E-state index < -0.39 is 0 Å². The van der Waals surface area contributed by atoms with Crippen molar-refractivity contribution in [3.05, 3.63) is 46.1 Å². The van der Waals surface area contributed by atoms with Gasteiger partial charge in [-0.2, -0.15) is 4.68 Å². The molecule has 3 rings (SSSR count). The number of nitrogens with one attached hydrogen (secondary N) is 1. The molecule has 0 spiro atoms. The predicted octanol–water partition coefficient (Wildman–Crippen LogP) is 3.41. The summed E-state index contributed by atoms with van der Waals surface area (Å²) in [6.45, 7) is 1.95. The van der Waals surface area contributed by atoms with Gasteiger partial charge in [-0.3, -0.25) is 4.79 Å². The fraction of sp³-hybridized carbons (Fsp3) is 0.188. The fourth-order valence-corrected chi connectivity index (χ4v) is 3.30. The summed E-state index contributed by atoms with van der Waals surface area (Å²) in [5.74, 6) is 0.625. The lowest BCUT2D eigenvalue weighted by Gasteiger charge is -2.10. The molecule has 1 aromatic carbocycles. The first-order valence-electron chi connectivity index (χ1n) is 7.65. The molecule has 0 aliphatic rings. The Kier molecular flexibility index (Phi) is 6.15. The predicted molar refractivity (Wildman–Crippen MR) is 104 cm³/mol. The molecule has 0 fully saturated rings. The fourth-order valence-electron chi connectivity index (χ4n) is 2.19. The molecule has 3 aromatic rings. The van der Waals surface area contributed by atoms with Crippen molar-refractivity contribution in [2.45, 2.75) is 12.1 Å². The number of methoxy groups -OCH3 is 1. The van der Waals surface area contributed by atoms with Crippen molar-refractivity contribution in [2.24, 2.45) is 0 Å². The molecule has 2 aromatic heterocycles. The number of anilines is 1. The highest BCUT2D eigenvalue weighted by molar-refractivity contribution is 7.99. The van der Waals surface area contributed by atoms with E-state index in [0.717, 1.165) is 5.56 Å². The van der Waals surface area contributed by atoms with E-state index >= 15 is 0 Å². The van der Waals surface area contributed by atoms with E-state index in [1.807, 2.05) is 25.1 Å². The lowest BCUT2D eigenvalue weighted by atomic mass is 10.2. The van der Waals surface area contributed by atoms with E-state index in [9.17, 15) is 4.79 Å². The molecule has 0 aliphatic heterocycles. The first kappa shape index (κ1) is 19.4. The molecular formula is C16H14Cl2N6O2S. The number of aryl methyl sites for hydroxylation is 1. The molecule has 0 saturated heterocycles. The molecule has 8 nitrogen and oxygen atoms in total. The second kappa shape index (κ2) is 8.55. The Hall–Kier alpha value is -2.36. The van der Waals surface area contributed by atoms with Gasteiger partial charge >= 0.3 is 0 Å². The number of ether oxygens (including phenoxy) is 1. The van der Waals surface area contributed by atoms with Crippen LogP contribution in [0.4, 0.5) is 5.82 Å². The van der Waals surface area contributed by atoms with E-state index in [-0.39, 0.29) is 22.5 Å². The van der Waals surface area contributed by atoms with Gasteiger partial charge in [-0.05, 0) is 41.1 Å². The Morgan fingerprint density at radius 3 is 2.89 bits per heavy atom. The van der Waals surface area contributed by atoms with Crippen molar-refractivity contribution in [2.75, 3.05) is 18.2 Å². The van der Waals surface area contributed by atoms with Gasteiger partial charge in [0.2, 0.25) is 11.1 Å². The number of benzene rings is 1. The molecule has 0 radical (unpaired) electrons. The summed E-state index contributed by atoms with van der Waals surface area (Å²) in [5.41, 5.74) is 1.71. The van der Waals surface area contributed by atoms with E-state index in [0.29, 0.717) is 21.6 Å². The molecule has 0 bridgehead atoms. The monoisotopic (exact) mass is 424 g/mol. The average molecular weight is 425 g/mol. The van der Waals surface area contributed by atoms with Crippen molar-refractivity contribution >= 4 is 46.7 Å². The molecule has 0 aliphatic carbocycles. The van der Waals surface area contributed by atoms with Gasteiger partial charge in [-0.25, -0.2) is 4.98 Å². The quantitative estimate of drug-likeness (QED) is 0.605. The topological polar surface area (TPSA) is 94.8 Å². The van der Waals surface area contributed by atoms with Crippen LogP contribution in [0.3, 0.4) is 0 Å². The van der Waals surface area contributed by atoms with Gasteiger partial charge in [0, 0.05) is 6.20 Å². The zero-order valence-corrected chi connectivity index (χ0v) is 16.6. The van der Waals surface area contributed by atoms with Crippen LogP contribution in [0.2, 0.25) is 10.0 Å². The summed E-state index contributed by atoms with van der Waals surface area (Å²) in [6.07, 6.45) is 1.40. The minimum atomic E-state index is -0.303. The summed E-state index contributed by atoms with van der Waals surface area (Å²) in [7, 11) is 1.57. The van der Waals surface area contributed by atoms with Crippen LogP contribution in [0.25, 0.3) is 5.69 Å². The molecule has 1 N–H and O–H groups in total. The Morgan fingerprint density at radius 1 is 1.33 bits per heavy atom. The Morgan fingerprint density at radius 2 is 2.15 bits per heavy atom. The Bertz CT molecular complexity index is 981. The second-order valence-electron chi connectivity index (χ2n) is 5.37. The first-order chi connectivity index (χ1) is 13.0. The standard InChI is InChI=1S/C16H14Cl2N6O2S/c1-9-3-4-13(26-2)12(5-9)24-16(21-22-23-24)27-8-14(25)20-15-11(18)6-10(17)7-19-15/h3-7H,8H2,1-2H3,(H,19,20,25). The van der Waals surface area contributed by atoms with E-state index in [1.54, 1.807) is 7.11 Å². The third-order valence-corrected chi connectivity index (χ3v) is 4.82. The first-order valence-corrected chi connectivity index (χ1v) is 9.39. The molecule has 11 heteroatoms. The smallest absolute Gasteiger partial charge is 0.236 e. The molecule has 1 amide bonds. The zero-order chi connectivity index (χ0) is 19.4. The van der Waals surface area contributed by atoms with E-state index in [4.69, 9.17) is 27.9 Å². The normalized spacial score (nSPS) is 10.7. The van der Waals surface area contributed by atoms with Crippen molar-refractivity contribution in [3.8, 4) is 11.4 Å². The van der Waals surface area contributed by atoms with Crippen LogP contribution in [0, 0.1) is 6.92 Å². The number of hydrogen-bond acceptors (Lipinski definition) is 7. The molecule has 140 valence electrons. The maximum absolute atomic E-state index is 12.2. The molecule has 0 atom stereocenters. The number of carbonyl (C=O) groups excluding carboxylic acids is 1. The number of carbonyl (C=O) groups is 1. The highest BCUT2D eigenvalue weighted by atomic mass is 35.5. The lowest BCUT2D eigenvalue weighted by molar-refractivity contribution is -0.113. The maximum Gasteiger partial charge on any atom is 0.236 e. The number of aromatic nitrogens is 5. The number of amides is 1. The second-order valence-corrected chi connectivity index (χ2v) is 7.16. The van der Waals surface area contributed by atoms with Crippen molar-refractivity contribution in [1.82, 2.24) is 25.2 Å². The molecule has 2 heterocycles. The summed E-state index contributed by atoms with van der Waals surface area (Å²) in [6, 6.07) is 7.16. The Balaban J connectivity index is 1.72. The summed E-state index contributed by atoms with van der Waals surface area (Å²) < 4.78 is 6.89. The van der Waals surface area contributed by atoms with Gasteiger partial charge in [-0.15, -0.1) is 5.10 Å². The summed E-state index contributed by atoms with van der Waals surface area (Å²) in [4.78, 5) is 16.2. The zero-order valence-electron chi connectivity index (χ0n) is 14.3. The number of rotatable bonds is 6. The lowest BCUT2D eigenvalue weighted by Crippen LogP contribution is -2.16. The molecule has 0 saturated carbocycles. The number of pyridine rings is 1. The average Bonchev–Trinajstić information content (AvgIpc) is 3.11. The number of tetrazole rings is 1. The van der Waals surface area contributed by atoms with Crippen LogP contribution in [0.1, 0.15) is 5.56 Å². The molecular weight excluding hydrogens is 411 g/mol. The number of nitrogens with zero attached hydrogens (tertiary/aromatic N) is 5. The third-order valence-electron chi connectivity index (χ3n) is 3.40. The van der Waals surface area contributed by atoms with Gasteiger partial charge < -0.3 is 10.1 Å². The summed E-state index contributed by atoms with van der Waals surface area (Å²) in [5, 5.41) is 15.4. The van der Waals surface area contributed by atoms with Crippen molar-refractivity contribution < 1.29 is 9.53 Å². The van der Waals surface area contributed by atoms with Crippen LogP contribution < -0.4 is 10.1 Å². The van der Waals surface area contributed by atoms with Gasteiger partial charge in [0.25, 0.3) is 0 Å². The Labute approximate surface area is 169 Å². The van der Waals surface area contributed by atoms with Gasteiger partial charge in [0.1, 0.15) is 11.4 Å². The van der Waals surface area contributed by atoms with Crippen LogP contribution in [-0.4, -0.2) is 44.0 Å². The minimum absolute atomic E-state index is 0.0646. The minimum Gasteiger partial charge on any atom is -0.494 e. The number of thioether (sulfide) groups is 1.